The fraction of sp³-hybridized carbons (Fsp3) is 0.217. The lowest BCUT2D eigenvalue weighted by molar-refractivity contribution is -0.250. The van der Waals surface area contributed by atoms with Crippen LogP contribution in [0.25, 0.3) is 0 Å². The average molecular weight is 677 g/mol. The molecule has 1 heterocycles. The maximum absolute atomic E-state index is 7.28. The van der Waals surface area contributed by atoms with Crippen LogP contribution in [0.15, 0.2) is 182 Å². The molecular weight excluding hydrogens is 633 g/mol. The highest BCUT2D eigenvalue weighted by atomic mass is 16.6. The fourth-order valence-corrected chi connectivity index (χ4v) is 6.81. The van der Waals surface area contributed by atoms with Crippen molar-refractivity contribution in [3.63, 3.8) is 0 Å². The summed E-state index contributed by atoms with van der Waals surface area (Å²) in [7, 11) is 0. The minimum Gasteiger partial charge on any atom is -0.370 e. The lowest BCUT2D eigenvalue weighted by Gasteiger charge is -2.44. The molecule has 0 bridgehead atoms. The van der Waals surface area contributed by atoms with Crippen LogP contribution < -0.4 is 0 Å². The highest BCUT2D eigenvalue weighted by Gasteiger charge is 2.45. The quantitative estimate of drug-likeness (QED) is 0.102. The summed E-state index contributed by atoms with van der Waals surface area (Å²) in [5.41, 5.74) is 5.42. The predicted molar refractivity (Wildman–Crippen MR) is 200 cm³/mol. The monoisotopic (exact) mass is 676 g/mol. The van der Waals surface area contributed by atoms with Crippen molar-refractivity contribution < 1.29 is 23.7 Å². The minimum atomic E-state index is -0.905. The van der Waals surface area contributed by atoms with Crippen LogP contribution in [0, 0.1) is 0 Å². The Hall–Kier alpha value is -4.88. The number of benzene rings is 6. The summed E-state index contributed by atoms with van der Waals surface area (Å²) in [6, 6.07) is 61.9. The van der Waals surface area contributed by atoms with Crippen LogP contribution >= 0.6 is 0 Å². The molecular formula is C46H44O5. The Morgan fingerprint density at radius 2 is 0.784 bits per heavy atom. The molecule has 51 heavy (non-hydrogen) atoms. The molecule has 1 aliphatic rings. The molecule has 0 unspecified atom stereocenters. The summed E-state index contributed by atoms with van der Waals surface area (Å²) in [5.74, 6) is 0. The molecule has 0 N–H and O–H groups in total. The maximum atomic E-state index is 7.28. The van der Waals surface area contributed by atoms with E-state index in [1.807, 2.05) is 72.8 Å². The highest BCUT2D eigenvalue weighted by Crippen LogP contribution is 2.41. The second-order valence-electron chi connectivity index (χ2n) is 12.8. The van der Waals surface area contributed by atoms with Crippen LogP contribution in [-0.4, -0.2) is 37.6 Å². The van der Waals surface area contributed by atoms with Gasteiger partial charge in [0, 0.05) is 0 Å². The van der Waals surface area contributed by atoms with Gasteiger partial charge in [-0.15, -0.1) is 0 Å². The second kappa shape index (κ2) is 17.4. The lowest BCUT2D eigenvalue weighted by Crippen LogP contribution is -2.57. The normalized spacial score (nSPS) is 19.1. The van der Waals surface area contributed by atoms with Gasteiger partial charge in [0.05, 0.1) is 33.0 Å². The lowest BCUT2D eigenvalue weighted by atomic mass is 9.80. The first kappa shape index (κ1) is 34.6. The molecule has 5 nitrogen and oxygen atoms in total. The van der Waals surface area contributed by atoms with Gasteiger partial charge in [0.15, 0.2) is 0 Å². The van der Waals surface area contributed by atoms with Crippen molar-refractivity contribution in [1.82, 2.24) is 0 Å². The molecule has 1 saturated heterocycles. The van der Waals surface area contributed by atoms with Crippen LogP contribution in [0.5, 0.6) is 0 Å². The van der Waals surface area contributed by atoms with E-state index in [1.54, 1.807) is 0 Å². The first-order valence-electron chi connectivity index (χ1n) is 17.7. The van der Waals surface area contributed by atoms with Gasteiger partial charge in [-0.1, -0.05) is 182 Å². The largest absolute Gasteiger partial charge is 0.370 e. The molecule has 258 valence electrons. The number of rotatable bonds is 15. The summed E-state index contributed by atoms with van der Waals surface area (Å²) in [6.07, 6.45) is -1.75. The van der Waals surface area contributed by atoms with Crippen LogP contribution in [-0.2, 0) is 49.1 Å². The molecule has 0 aromatic heterocycles. The molecule has 6 aromatic carbocycles. The Morgan fingerprint density at radius 1 is 0.431 bits per heavy atom. The molecule has 0 spiro atoms. The van der Waals surface area contributed by atoms with E-state index in [4.69, 9.17) is 23.7 Å². The van der Waals surface area contributed by atoms with Crippen molar-refractivity contribution in [2.75, 3.05) is 13.2 Å². The van der Waals surface area contributed by atoms with Crippen molar-refractivity contribution in [2.45, 2.75) is 49.8 Å². The standard InChI is InChI=1S/C46H44O5/c1-7-19-36(20-8-1)31-47-42-34-48-43(45(50-33-38-23-11-3-12-24-38)44(42)49-32-37-21-9-2-10-22-37)35-51-46(39-25-13-4-14-26-39,40-27-15-5-16-28-40)41-29-17-6-18-30-41/h1-30,42-45H,31-35H2/t42-,43+,44+,45+/m0/s1. The van der Waals surface area contributed by atoms with Crippen molar-refractivity contribution in [3.8, 4) is 0 Å². The first-order chi connectivity index (χ1) is 25.3. The van der Waals surface area contributed by atoms with Gasteiger partial charge in [-0.05, 0) is 33.4 Å². The number of ether oxygens (including phenoxy) is 5. The van der Waals surface area contributed by atoms with Gasteiger partial charge in [-0.25, -0.2) is 0 Å². The van der Waals surface area contributed by atoms with Gasteiger partial charge in [0.2, 0.25) is 0 Å². The van der Waals surface area contributed by atoms with E-state index in [2.05, 4.69) is 109 Å². The SMILES string of the molecule is c1ccc(CO[C@H]2[C@H](OCc3ccccc3)[C@@H](COC(c3ccccc3)(c3ccccc3)c3ccccc3)OC[C@@H]2OCc2ccccc2)cc1. The molecule has 0 radical (unpaired) electrons. The summed E-state index contributed by atoms with van der Waals surface area (Å²) in [5, 5.41) is 0. The third-order valence-electron chi connectivity index (χ3n) is 9.41. The Morgan fingerprint density at radius 3 is 1.20 bits per heavy atom. The van der Waals surface area contributed by atoms with Crippen LogP contribution in [0.1, 0.15) is 33.4 Å². The minimum absolute atomic E-state index is 0.245. The van der Waals surface area contributed by atoms with E-state index in [9.17, 15) is 0 Å². The topological polar surface area (TPSA) is 46.2 Å². The zero-order valence-electron chi connectivity index (χ0n) is 28.7. The predicted octanol–water partition coefficient (Wildman–Crippen LogP) is 9.15. The van der Waals surface area contributed by atoms with Gasteiger partial charge < -0.3 is 23.7 Å². The maximum Gasteiger partial charge on any atom is 0.143 e. The van der Waals surface area contributed by atoms with Crippen molar-refractivity contribution >= 4 is 0 Å². The van der Waals surface area contributed by atoms with Crippen LogP contribution in [0.4, 0.5) is 0 Å². The zero-order chi connectivity index (χ0) is 34.6. The summed E-state index contributed by atoms with van der Waals surface area (Å²) in [6.45, 7) is 1.82. The van der Waals surface area contributed by atoms with E-state index in [0.717, 1.165) is 33.4 Å². The zero-order valence-corrected chi connectivity index (χ0v) is 28.7. The van der Waals surface area contributed by atoms with Gasteiger partial charge >= 0.3 is 0 Å². The summed E-state index contributed by atoms with van der Waals surface area (Å²) in [4.78, 5) is 0. The molecule has 0 aliphatic carbocycles. The molecule has 5 heteroatoms. The average Bonchev–Trinajstić information content (AvgIpc) is 3.21. The molecule has 0 saturated carbocycles. The van der Waals surface area contributed by atoms with Gasteiger partial charge in [-0.3, -0.25) is 0 Å². The molecule has 4 atom stereocenters. The third-order valence-corrected chi connectivity index (χ3v) is 9.41. The Kier molecular flexibility index (Phi) is 11.8. The molecule has 1 fully saturated rings. The fourth-order valence-electron chi connectivity index (χ4n) is 6.81. The number of hydrogen-bond donors (Lipinski definition) is 0. The molecule has 0 amide bonds. The second-order valence-corrected chi connectivity index (χ2v) is 12.8. The van der Waals surface area contributed by atoms with Gasteiger partial charge in [0.1, 0.15) is 30.0 Å². The van der Waals surface area contributed by atoms with E-state index in [1.165, 1.54) is 0 Å². The summed E-state index contributed by atoms with van der Waals surface area (Å²) >= 11 is 0. The van der Waals surface area contributed by atoms with Crippen molar-refractivity contribution in [1.29, 1.82) is 0 Å². The van der Waals surface area contributed by atoms with Crippen LogP contribution in [0.3, 0.4) is 0 Å². The third kappa shape index (κ3) is 8.54. The van der Waals surface area contributed by atoms with Crippen LogP contribution in [0.2, 0.25) is 0 Å². The molecule has 6 aromatic rings. The van der Waals surface area contributed by atoms with Gasteiger partial charge in [0.25, 0.3) is 0 Å². The molecule has 7 rings (SSSR count). The van der Waals surface area contributed by atoms with E-state index < -0.39 is 23.9 Å². The Bertz CT molecular complexity index is 1760. The van der Waals surface area contributed by atoms with E-state index in [-0.39, 0.29) is 12.7 Å². The van der Waals surface area contributed by atoms with Crippen molar-refractivity contribution in [2.24, 2.45) is 0 Å². The Labute approximate surface area is 301 Å². The first-order valence-corrected chi connectivity index (χ1v) is 17.7. The van der Waals surface area contributed by atoms with Crippen molar-refractivity contribution in [3.05, 3.63) is 215 Å². The number of hydrogen-bond acceptors (Lipinski definition) is 5. The summed E-state index contributed by atoms with van der Waals surface area (Å²) < 4.78 is 34.2. The van der Waals surface area contributed by atoms with E-state index in [0.29, 0.717) is 26.4 Å². The Balaban J connectivity index is 1.23. The highest BCUT2D eigenvalue weighted by molar-refractivity contribution is 5.47. The van der Waals surface area contributed by atoms with Gasteiger partial charge in [-0.2, -0.15) is 0 Å². The molecule has 1 aliphatic heterocycles. The van der Waals surface area contributed by atoms with E-state index >= 15 is 0 Å². The smallest absolute Gasteiger partial charge is 0.143 e.